The Hall–Kier alpha value is -1.88. The predicted molar refractivity (Wildman–Crippen MR) is 72.4 cm³/mol. The van der Waals surface area contributed by atoms with Gasteiger partial charge in [0.2, 0.25) is 5.91 Å². The Balaban J connectivity index is 2.20. The molecule has 0 aliphatic heterocycles. The molecule has 3 N–H and O–H groups in total. The summed E-state index contributed by atoms with van der Waals surface area (Å²) in [5.41, 5.74) is 3.24. The molecule has 19 heavy (non-hydrogen) atoms. The number of amides is 1. The average molecular weight is 264 g/mol. The summed E-state index contributed by atoms with van der Waals surface area (Å²) in [5, 5.41) is 20.7. The van der Waals surface area contributed by atoms with Gasteiger partial charge in [-0.2, -0.15) is 0 Å². The molecule has 0 atom stereocenters. The molecule has 0 aliphatic rings. The van der Waals surface area contributed by atoms with Gasteiger partial charge in [-0.15, -0.1) is 0 Å². The smallest absolute Gasteiger partial charge is 0.243 e. The van der Waals surface area contributed by atoms with E-state index in [-0.39, 0.29) is 5.91 Å². The summed E-state index contributed by atoms with van der Waals surface area (Å²) in [6.45, 7) is 0. The zero-order valence-electron chi connectivity index (χ0n) is 10.9. The third kappa shape index (κ3) is 6.01. The number of carbonyl (C=O) groups is 1. The van der Waals surface area contributed by atoms with Crippen molar-refractivity contribution in [3.05, 3.63) is 35.9 Å². The maximum atomic E-state index is 10.8. The van der Waals surface area contributed by atoms with E-state index in [1.165, 1.54) is 0 Å². The van der Waals surface area contributed by atoms with Crippen LogP contribution in [0.4, 0.5) is 0 Å². The maximum absolute atomic E-state index is 10.8. The molecule has 1 aromatic rings. The van der Waals surface area contributed by atoms with Crippen molar-refractivity contribution in [1.29, 1.82) is 0 Å². The van der Waals surface area contributed by atoms with E-state index in [9.17, 15) is 4.79 Å². The molecule has 0 heterocycles. The van der Waals surface area contributed by atoms with Crippen LogP contribution in [0.2, 0.25) is 0 Å². The van der Waals surface area contributed by atoms with Gasteiger partial charge in [0.25, 0.3) is 0 Å². The molecule has 0 saturated heterocycles. The highest BCUT2D eigenvalue weighted by Gasteiger charge is 2.04. The molecule has 1 rings (SSSR count). The third-order valence-electron chi connectivity index (χ3n) is 2.92. The Labute approximate surface area is 112 Å². The molecule has 1 aromatic carbocycles. The summed E-state index contributed by atoms with van der Waals surface area (Å²) in [4.78, 5) is 10.8. The van der Waals surface area contributed by atoms with Crippen LogP contribution in [0.5, 0.6) is 0 Å². The minimum Gasteiger partial charge on any atom is -0.411 e. The fourth-order valence-corrected chi connectivity index (χ4v) is 1.87. The zero-order chi connectivity index (χ0) is 13.9. The molecule has 0 unspecified atom stereocenters. The van der Waals surface area contributed by atoms with Crippen molar-refractivity contribution in [2.75, 3.05) is 0 Å². The topological polar surface area (TPSA) is 81.9 Å². The number of unbranched alkanes of at least 4 members (excludes halogenated alkanes) is 3. The van der Waals surface area contributed by atoms with Gasteiger partial charge in [-0.3, -0.25) is 10.0 Å². The van der Waals surface area contributed by atoms with Crippen LogP contribution in [0.1, 0.15) is 44.1 Å². The summed E-state index contributed by atoms with van der Waals surface area (Å²) >= 11 is 0. The minimum atomic E-state index is -0.345. The SMILES string of the molecule is O=C(CCCCCC/C(=N/O)c1ccccc1)NO. The van der Waals surface area contributed by atoms with Crippen LogP contribution in [0.15, 0.2) is 35.5 Å². The van der Waals surface area contributed by atoms with Crippen LogP contribution < -0.4 is 5.48 Å². The molecule has 0 aliphatic carbocycles. The molecule has 5 heteroatoms. The highest BCUT2D eigenvalue weighted by Crippen LogP contribution is 2.10. The quantitative estimate of drug-likeness (QED) is 0.222. The Kier molecular flexibility index (Phi) is 7.27. The highest BCUT2D eigenvalue weighted by atomic mass is 16.5. The second-order valence-corrected chi connectivity index (χ2v) is 4.36. The van der Waals surface area contributed by atoms with Gasteiger partial charge < -0.3 is 5.21 Å². The summed E-state index contributed by atoms with van der Waals surface area (Å²) in [6, 6.07) is 9.58. The Bertz CT molecular complexity index is 404. The van der Waals surface area contributed by atoms with Crippen molar-refractivity contribution in [3.63, 3.8) is 0 Å². The molecule has 0 bridgehead atoms. The lowest BCUT2D eigenvalue weighted by atomic mass is 10.0. The van der Waals surface area contributed by atoms with Crippen molar-refractivity contribution in [2.24, 2.45) is 5.16 Å². The number of rotatable bonds is 8. The summed E-state index contributed by atoms with van der Waals surface area (Å²) in [6.07, 6.45) is 4.60. The lowest BCUT2D eigenvalue weighted by molar-refractivity contribution is -0.129. The first-order valence-electron chi connectivity index (χ1n) is 6.47. The van der Waals surface area contributed by atoms with Crippen LogP contribution in [-0.4, -0.2) is 22.0 Å². The number of hydrogen-bond acceptors (Lipinski definition) is 4. The molecule has 0 radical (unpaired) electrons. The van der Waals surface area contributed by atoms with E-state index in [2.05, 4.69) is 5.16 Å². The van der Waals surface area contributed by atoms with Gasteiger partial charge in [-0.25, -0.2) is 5.48 Å². The molecule has 104 valence electrons. The Morgan fingerprint density at radius 3 is 2.26 bits per heavy atom. The molecular formula is C14H20N2O3. The molecule has 0 spiro atoms. The van der Waals surface area contributed by atoms with Gasteiger partial charge >= 0.3 is 0 Å². The number of nitrogens with zero attached hydrogens (tertiary/aromatic N) is 1. The van der Waals surface area contributed by atoms with Crippen LogP contribution in [0.25, 0.3) is 0 Å². The predicted octanol–water partition coefficient (Wildman–Crippen LogP) is 2.71. The largest absolute Gasteiger partial charge is 0.411 e. The number of nitrogens with one attached hydrogen (secondary N) is 1. The number of oxime groups is 1. The first kappa shape index (κ1) is 15.2. The third-order valence-corrected chi connectivity index (χ3v) is 2.92. The molecule has 1 amide bonds. The fraction of sp³-hybridized carbons (Fsp3) is 0.429. The average Bonchev–Trinajstić information content (AvgIpc) is 2.47. The van der Waals surface area contributed by atoms with Gasteiger partial charge in [-0.1, -0.05) is 48.3 Å². The van der Waals surface area contributed by atoms with Crippen LogP contribution in [0, 0.1) is 0 Å². The van der Waals surface area contributed by atoms with E-state index in [0.29, 0.717) is 18.6 Å². The Morgan fingerprint density at radius 1 is 1.05 bits per heavy atom. The van der Waals surface area contributed by atoms with Gasteiger partial charge in [0.05, 0.1) is 5.71 Å². The van der Waals surface area contributed by atoms with Gasteiger partial charge in [0, 0.05) is 6.42 Å². The molecular weight excluding hydrogens is 244 g/mol. The number of hydroxylamine groups is 1. The second-order valence-electron chi connectivity index (χ2n) is 4.36. The molecule has 0 aromatic heterocycles. The number of benzene rings is 1. The van der Waals surface area contributed by atoms with Gasteiger partial charge in [0.15, 0.2) is 0 Å². The summed E-state index contributed by atoms with van der Waals surface area (Å²) in [7, 11) is 0. The van der Waals surface area contributed by atoms with Gasteiger partial charge in [-0.05, 0) is 24.8 Å². The monoisotopic (exact) mass is 264 g/mol. The van der Waals surface area contributed by atoms with Crippen molar-refractivity contribution in [1.82, 2.24) is 5.48 Å². The van der Waals surface area contributed by atoms with Crippen LogP contribution in [-0.2, 0) is 4.79 Å². The number of carbonyl (C=O) groups excluding carboxylic acids is 1. The fourth-order valence-electron chi connectivity index (χ4n) is 1.87. The maximum Gasteiger partial charge on any atom is 0.243 e. The summed E-state index contributed by atoms with van der Waals surface area (Å²) < 4.78 is 0. The van der Waals surface area contributed by atoms with E-state index in [0.717, 1.165) is 31.2 Å². The molecule has 0 saturated carbocycles. The first-order chi connectivity index (χ1) is 9.27. The van der Waals surface area contributed by atoms with Crippen molar-refractivity contribution in [3.8, 4) is 0 Å². The first-order valence-corrected chi connectivity index (χ1v) is 6.47. The van der Waals surface area contributed by atoms with E-state index in [4.69, 9.17) is 10.4 Å². The Morgan fingerprint density at radius 2 is 1.68 bits per heavy atom. The lowest BCUT2D eigenvalue weighted by Crippen LogP contribution is -2.17. The van der Waals surface area contributed by atoms with Crippen molar-refractivity contribution in [2.45, 2.75) is 38.5 Å². The van der Waals surface area contributed by atoms with E-state index >= 15 is 0 Å². The van der Waals surface area contributed by atoms with E-state index in [1.54, 1.807) is 5.48 Å². The van der Waals surface area contributed by atoms with Crippen LogP contribution in [0.3, 0.4) is 0 Å². The normalized spacial score (nSPS) is 11.3. The van der Waals surface area contributed by atoms with Crippen molar-refractivity contribution < 1.29 is 15.2 Å². The molecule has 5 nitrogen and oxygen atoms in total. The van der Waals surface area contributed by atoms with Gasteiger partial charge in [0.1, 0.15) is 0 Å². The molecule has 0 fully saturated rings. The zero-order valence-corrected chi connectivity index (χ0v) is 10.9. The lowest BCUT2D eigenvalue weighted by Gasteiger charge is -2.04. The standard InChI is InChI=1S/C14H20N2O3/c17-14(16-19)11-7-2-1-6-10-13(15-18)12-8-4-3-5-9-12/h3-5,8-9,18-19H,1-2,6-7,10-11H2,(H,16,17)/b15-13-. The summed E-state index contributed by atoms with van der Waals surface area (Å²) in [5.74, 6) is -0.345. The van der Waals surface area contributed by atoms with Crippen LogP contribution >= 0.6 is 0 Å². The van der Waals surface area contributed by atoms with E-state index < -0.39 is 0 Å². The van der Waals surface area contributed by atoms with Crippen molar-refractivity contribution >= 4 is 11.6 Å². The minimum absolute atomic E-state index is 0.343. The van der Waals surface area contributed by atoms with E-state index in [1.807, 2.05) is 30.3 Å². The number of hydrogen-bond donors (Lipinski definition) is 3. The highest BCUT2D eigenvalue weighted by molar-refractivity contribution is 6.00. The second kappa shape index (κ2) is 9.10.